The van der Waals surface area contributed by atoms with Crippen LogP contribution in [0, 0.1) is 34.0 Å². The van der Waals surface area contributed by atoms with Gasteiger partial charge in [-0.05, 0) is 12.8 Å². The molecule has 88 valence electrons. The Morgan fingerprint density at radius 3 is 1.88 bits per heavy atom. The van der Waals surface area contributed by atoms with E-state index in [1.165, 1.54) is 0 Å². The first kappa shape index (κ1) is 16.8. The molecule has 0 aromatic heterocycles. The molecule has 5 nitrogen and oxygen atoms in total. The zero-order valence-corrected chi connectivity index (χ0v) is 9.44. The van der Waals surface area contributed by atoms with Crippen molar-refractivity contribution in [3.05, 3.63) is 24.3 Å². The van der Waals surface area contributed by atoms with Gasteiger partial charge < -0.3 is 5.11 Å². The van der Waals surface area contributed by atoms with E-state index in [2.05, 4.69) is 13.2 Å². The van der Waals surface area contributed by atoms with Gasteiger partial charge in [0, 0.05) is 24.0 Å². The fraction of sp³-hybridized carbons (Fsp3) is 0.333. The molecular formula is C12H13N3O2. The Morgan fingerprint density at radius 1 is 1.06 bits per heavy atom. The maximum Gasteiger partial charge on any atom is 0.330 e. The Hall–Kier alpha value is -2.58. The zero-order valence-electron chi connectivity index (χ0n) is 9.44. The van der Waals surface area contributed by atoms with E-state index >= 15 is 0 Å². The smallest absolute Gasteiger partial charge is 0.330 e. The van der Waals surface area contributed by atoms with Crippen molar-refractivity contribution in [1.29, 1.82) is 15.8 Å². The first-order valence-electron chi connectivity index (χ1n) is 4.72. The van der Waals surface area contributed by atoms with Crippen LogP contribution in [0.3, 0.4) is 0 Å². The molecule has 0 amide bonds. The molecule has 0 unspecified atom stereocenters. The highest BCUT2D eigenvalue weighted by molar-refractivity contribution is 5.85. The van der Waals surface area contributed by atoms with E-state index in [1.54, 1.807) is 0 Å². The highest BCUT2D eigenvalue weighted by Crippen LogP contribution is 1.99. The Balaban J connectivity index is 0. The second kappa shape index (κ2) is 11.5. The standard InChI is InChI=1S/C6H6N2.C6H7NO2/c1-6(5-8)3-2-4-7;1-5(6(8)9)3-2-4-7/h1-3H2;1-3H2,(H,8,9). The summed E-state index contributed by atoms with van der Waals surface area (Å²) >= 11 is 0. The van der Waals surface area contributed by atoms with Crippen LogP contribution in [0.2, 0.25) is 0 Å². The molecule has 1 N–H and O–H groups in total. The molecule has 0 saturated heterocycles. The number of nitriles is 3. The van der Waals surface area contributed by atoms with Crippen LogP contribution in [0.1, 0.15) is 25.7 Å². The van der Waals surface area contributed by atoms with Crippen LogP contribution in [0.15, 0.2) is 24.3 Å². The molecular weight excluding hydrogens is 218 g/mol. The van der Waals surface area contributed by atoms with Crippen LogP contribution < -0.4 is 0 Å². The number of rotatable bonds is 5. The highest BCUT2D eigenvalue weighted by atomic mass is 16.4. The molecule has 0 aromatic rings. The van der Waals surface area contributed by atoms with Gasteiger partial charge in [0.1, 0.15) is 0 Å². The molecule has 0 aliphatic rings. The maximum absolute atomic E-state index is 10.00. The largest absolute Gasteiger partial charge is 0.478 e. The first-order chi connectivity index (χ1) is 7.99. The van der Waals surface area contributed by atoms with Gasteiger partial charge in [0.25, 0.3) is 0 Å². The summed E-state index contributed by atoms with van der Waals surface area (Å²) in [7, 11) is 0. The van der Waals surface area contributed by atoms with Crippen molar-refractivity contribution in [3.8, 4) is 18.2 Å². The van der Waals surface area contributed by atoms with E-state index in [4.69, 9.17) is 20.9 Å². The molecule has 0 fully saturated rings. The normalized spacial score (nSPS) is 7.35. The summed E-state index contributed by atoms with van der Waals surface area (Å²) in [6.45, 7) is 6.64. The van der Waals surface area contributed by atoms with Crippen LogP contribution in [0.25, 0.3) is 0 Å². The molecule has 0 atom stereocenters. The van der Waals surface area contributed by atoms with Gasteiger partial charge in [-0.2, -0.15) is 15.8 Å². The first-order valence-corrected chi connectivity index (χ1v) is 4.72. The minimum absolute atomic E-state index is 0.0940. The predicted molar refractivity (Wildman–Crippen MR) is 61.2 cm³/mol. The minimum atomic E-state index is -1.02. The van der Waals surface area contributed by atoms with Gasteiger partial charge in [0.15, 0.2) is 0 Å². The fourth-order valence-corrected chi connectivity index (χ4v) is 0.576. The molecule has 5 heteroatoms. The average Bonchev–Trinajstić information content (AvgIpc) is 2.33. The van der Waals surface area contributed by atoms with Gasteiger partial charge >= 0.3 is 5.97 Å². The molecule has 0 spiro atoms. The molecule has 0 heterocycles. The number of hydrogen-bond acceptors (Lipinski definition) is 4. The van der Waals surface area contributed by atoms with E-state index < -0.39 is 5.97 Å². The summed E-state index contributed by atoms with van der Waals surface area (Å²) in [4.78, 5) is 10.00. The second-order valence-corrected chi connectivity index (χ2v) is 2.94. The van der Waals surface area contributed by atoms with E-state index in [0.29, 0.717) is 18.4 Å². The fourth-order valence-electron chi connectivity index (χ4n) is 0.576. The third-order valence-electron chi connectivity index (χ3n) is 1.54. The summed E-state index contributed by atoms with van der Waals surface area (Å²) in [5.41, 5.74) is 0.572. The second-order valence-electron chi connectivity index (χ2n) is 2.94. The summed E-state index contributed by atoms with van der Waals surface area (Å²) in [6, 6.07) is 5.60. The van der Waals surface area contributed by atoms with Crippen molar-refractivity contribution >= 4 is 5.97 Å². The number of hydrogen-bond donors (Lipinski definition) is 1. The SMILES string of the molecule is C=C(C#N)CCC#N.C=C(CCC#N)C(=O)O. The quantitative estimate of drug-likeness (QED) is 0.576. The van der Waals surface area contributed by atoms with Crippen LogP contribution in [-0.4, -0.2) is 11.1 Å². The number of carbonyl (C=O) groups is 1. The Kier molecular flexibility index (Phi) is 11.4. The molecule has 0 saturated carbocycles. The van der Waals surface area contributed by atoms with E-state index in [1.807, 2.05) is 18.2 Å². The lowest BCUT2D eigenvalue weighted by Gasteiger charge is -1.90. The van der Waals surface area contributed by atoms with Crippen LogP contribution in [0.5, 0.6) is 0 Å². The van der Waals surface area contributed by atoms with Crippen molar-refractivity contribution in [3.63, 3.8) is 0 Å². The topological polar surface area (TPSA) is 109 Å². The minimum Gasteiger partial charge on any atom is -0.478 e. The van der Waals surface area contributed by atoms with Gasteiger partial charge in [-0.1, -0.05) is 13.2 Å². The van der Waals surface area contributed by atoms with Crippen LogP contribution in [0.4, 0.5) is 0 Å². The molecule has 0 rings (SSSR count). The van der Waals surface area contributed by atoms with Gasteiger partial charge in [0.2, 0.25) is 0 Å². The van der Waals surface area contributed by atoms with E-state index in [0.717, 1.165) is 0 Å². The van der Waals surface area contributed by atoms with Crippen molar-refractivity contribution in [1.82, 2.24) is 0 Å². The molecule has 0 aromatic carbocycles. The Bertz CT molecular complexity index is 405. The van der Waals surface area contributed by atoms with Crippen molar-refractivity contribution in [2.45, 2.75) is 25.7 Å². The highest BCUT2D eigenvalue weighted by Gasteiger charge is 2.00. The maximum atomic E-state index is 10.00. The van der Waals surface area contributed by atoms with Gasteiger partial charge in [-0.25, -0.2) is 4.79 Å². The molecule has 0 aliphatic carbocycles. The molecule has 0 aliphatic heterocycles. The zero-order chi connectivity index (χ0) is 13.7. The number of aliphatic carboxylic acids is 1. The number of carboxylic acids is 1. The van der Waals surface area contributed by atoms with Crippen molar-refractivity contribution in [2.24, 2.45) is 0 Å². The van der Waals surface area contributed by atoms with E-state index in [-0.39, 0.29) is 18.4 Å². The third-order valence-corrected chi connectivity index (χ3v) is 1.54. The summed E-state index contributed by atoms with van der Waals surface area (Å²) in [5, 5.41) is 32.3. The van der Waals surface area contributed by atoms with Gasteiger partial charge in [-0.3, -0.25) is 0 Å². The summed E-state index contributed by atoms with van der Waals surface area (Å²) in [6.07, 6.45) is 1.39. The van der Waals surface area contributed by atoms with Crippen LogP contribution in [-0.2, 0) is 4.79 Å². The number of allylic oxidation sites excluding steroid dienone is 1. The molecule has 0 bridgehead atoms. The Labute approximate surface area is 101 Å². The molecule has 17 heavy (non-hydrogen) atoms. The van der Waals surface area contributed by atoms with Crippen molar-refractivity contribution in [2.75, 3.05) is 0 Å². The Morgan fingerprint density at radius 2 is 1.53 bits per heavy atom. The number of nitrogens with zero attached hydrogens (tertiary/aromatic N) is 3. The summed E-state index contributed by atoms with van der Waals surface area (Å²) < 4.78 is 0. The monoisotopic (exact) mass is 231 g/mol. The summed E-state index contributed by atoms with van der Waals surface area (Å²) in [5.74, 6) is -1.02. The van der Waals surface area contributed by atoms with Gasteiger partial charge in [-0.15, -0.1) is 0 Å². The number of carboxylic acid groups (broad SMARTS) is 1. The van der Waals surface area contributed by atoms with Crippen molar-refractivity contribution < 1.29 is 9.90 Å². The predicted octanol–water partition coefficient (Wildman–Crippen LogP) is 2.30. The lowest BCUT2D eigenvalue weighted by atomic mass is 10.2. The van der Waals surface area contributed by atoms with Gasteiger partial charge in [0.05, 0.1) is 18.2 Å². The average molecular weight is 231 g/mol. The van der Waals surface area contributed by atoms with Crippen LogP contribution >= 0.6 is 0 Å². The van der Waals surface area contributed by atoms with E-state index in [9.17, 15) is 4.79 Å². The lowest BCUT2D eigenvalue weighted by Crippen LogP contribution is -1.97. The third kappa shape index (κ3) is 13.4. The lowest BCUT2D eigenvalue weighted by molar-refractivity contribution is -0.132. The molecule has 0 radical (unpaired) electrons.